The Balaban J connectivity index is 1.20. The van der Waals surface area contributed by atoms with E-state index in [1.54, 1.807) is 0 Å². The zero-order valence-electron chi connectivity index (χ0n) is 38.6. The summed E-state index contributed by atoms with van der Waals surface area (Å²) >= 11 is 0. The molecule has 0 aromatic heterocycles. The molecule has 0 saturated heterocycles. The van der Waals surface area contributed by atoms with Gasteiger partial charge in [-0.15, -0.1) is 0 Å². The van der Waals surface area contributed by atoms with Gasteiger partial charge in [-0.2, -0.15) is 9.15 Å². The molecule has 60 heavy (non-hydrogen) atoms. The van der Waals surface area contributed by atoms with E-state index in [0.717, 1.165) is 52.1 Å². The van der Waals surface area contributed by atoms with Crippen molar-refractivity contribution in [1.29, 1.82) is 0 Å². The second kappa shape index (κ2) is 21.2. The van der Waals surface area contributed by atoms with Gasteiger partial charge in [-0.25, -0.2) is 0 Å². The number of para-hydroxylation sites is 2. The van der Waals surface area contributed by atoms with Gasteiger partial charge in [0.05, 0.1) is 10.8 Å². The number of hydrogen-bond donors (Lipinski definition) is 0. The van der Waals surface area contributed by atoms with Crippen LogP contribution in [0, 0.1) is 0 Å². The average molecular weight is 805 g/mol. The van der Waals surface area contributed by atoms with Crippen molar-refractivity contribution in [2.75, 3.05) is 49.1 Å². The summed E-state index contributed by atoms with van der Waals surface area (Å²) in [6.07, 6.45) is 21.5. The molecule has 0 radical (unpaired) electrons. The van der Waals surface area contributed by atoms with Crippen LogP contribution in [-0.2, 0) is 10.8 Å². The Kier molecular flexibility index (Phi) is 15.8. The third kappa shape index (κ3) is 10.4. The predicted molar refractivity (Wildman–Crippen MR) is 263 cm³/mol. The third-order valence-electron chi connectivity index (χ3n) is 13.1. The molecule has 4 nitrogen and oxygen atoms in total. The lowest BCUT2D eigenvalue weighted by atomic mass is 9.81. The highest BCUT2D eigenvalue weighted by atomic mass is 15.1. The van der Waals surface area contributed by atoms with E-state index in [1.165, 1.54) is 108 Å². The molecular weight excluding hydrogens is 729 g/mol. The molecule has 2 aliphatic rings. The summed E-state index contributed by atoms with van der Waals surface area (Å²) in [6, 6.07) is 36.7. The molecule has 4 heteroatoms. The molecule has 4 aromatic carbocycles. The van der Waals surface area contributed by atoms with Crippen LogP contribution in [0.2, 0.25) is 0 Å². The van der Waals surface area contributed by atoms with E-state index in [0.29, 0.717) is 0 Å². The summed E-state index contributed by atoms with van der Waals surface area (Å²) in [6.45, 7) is 25.2. The minimum absolute atomic E-state index is 0.0741. The van der Waals surface area contributed by atoms with Crippen LogP contribution in [0.15, 0.2) is 109 Å². The van der Waals surface area contributed by atoms with Crippen molar-refractivity contribution in [3.8, 4) is 0 Å². The minimum Gasteiger partial charge on any atom is -0.372 e. The van der Waals surface area contributed by atoms with Crippen LogP contribution >= 0.6 is 0 Å². The summed E-state index contributed by atoms with van der Waals surface area (Å²) in [4.78, 5) is 5.14. The topological polar surface area (TPSA) is 12.5 Å². The first-order chi connectivity index (χ1) is 29.1. The Labute approximate surface area is 365 Å². The van der Waals surface area contributed by atoms with E-state index in [-0.39, 0.29) is 10.8 Å². The summed E-state index contributed by atoms with van der Waals surface area (Å²) in [5.41, 5.74) is 13.4. The van der Waals surface area contributed by atoms with Crippen LogP contribution < -0.4 is 9.80 Å². The third-order valence-corrected chi connectivity index (χ3v) is 13.1. The fraction of sp³-hybridized carbons (Fsp3) is 0.464. The van der Waals surface area contributed by atoms with E-state index in [4.69, 9.17) is 0 Å². The molecule has 0 atom stereocenters. The number of benzene rings is 4. The van der Waals surface area contributed by atoms with Gasteiger partial charge in [0.25, 0.3) is 0 Å². The molecule has 2 aliphatic heterocycles. The van der Waals surface area contributed by atoms with E-state index in [2.05, 4.69) is 196 Å². The first-order valence-corrected chi connectivity index (χ1v) is 23.7. The lowest BCUT2D eigenvalue weighted by Gasteiger charge is -2.24. The molecule has 0 fully saturated rings. The van der Waals surface area contributed by atoms with E-state index < -0.39 is 0 Å². The van der Waals surface area contributed by atoms with Gasteiger partial charge in [0, 0.05) is 85.8 Å². The maximum Gasteiger partial charge on any atom is 0.209 e. The number of anilines is 2. The van der Waals surface area contributed by atoms with Crippen molar-refractivity contribution in [2.45, 2.75) is 130 Å². The lowest BCUT2D eigenvalue weighted by molar-refractivity contribution is -0.451. The Morgan fingerprint density at radius 3 is 1.08 bits per heavy atom. The molecule has 0 unspecified atom stereocenters. The molecule has 0 spiro atoms. The molecule has 0 bridgehead atoms. The second-order valence-electron chi connectivity index (χ2n) is 18.3. The van der Waals surface area contributed by atoms with Gasteiger partial charge >= 0.3 is 0 Å². The molecule has 2 heterocycles. The molecule has 4 aromatic rings. The van der Waals surface area contributed by atoms with Crippen molar-refractivity contribution >= 4 is 46.3 Å². The number of allylic oxidation sites excluding steroid dienone is 2. The number of nitrogens with zero attached hydrogens (tertiary/aromatic N) is 4. The molecule has 0 N–H and O–H groups in total. The summed E-state index contributed by atoms with van der Waals surface area (Å²) in [5.74, 6) is 0. The number of rotatable bonds is 23. The van der Waals surface area contributed by atoms with E-state index >= 15 is 0 Å². The number of unbranched alkanes of at least 4 members (excludes halogenated alkanes) is 5. The van der Waals surface area contributed by atoms with Crippen LogP contribution in [0.3, 0.4) is 0 Å². The molecule has 0 aliphatic carbocycles. The largest absolute Gasteiger partial charge is 0.372 e. The predicted octanol–water partition coefficient (Wildman–Crippen LogP) is 14.2. The zero-order chi connectivity index (χ0) is 42.5. The quantitative estimate of drug-likeness (QED) is 0.0547. The number of hydrogen-bond acceptors (Lipinski definition) is 2. The fourth-order valence-corrected chi connectivity index (χ4v) is 9.38. The van der Waals surface area contributed by atoms with Crippen LogP contribution in [0.1, 0.15) is 142 Å². The average Bonchev–Trinajstić information content (AvgIpc) is 3.62. The maximum atomic E-state index is 2.61. The maximum absolute atomic E-state index is 2.61. The van der Waals surface area contributed by atoms with Gasteiger partial charge in [0.2, 0.25) is 11.4 Å². The lowest BCUT2D eigenvalue weighted by Crippen LogP contribution is -2.28. The molecule has 0 amide bonds. The Bertz CT molecular complexity index is 1940. The van der Waals surface area contributed by atoms with Gasteiger partial charge in [-0.1, -0.05) is 114 Å². The van der Waals surface area contributed by atoms with Crippen LogP contribution in [0.25, 0.3) is 12.2 Å². The fourth-order valence-electron chi connectivity index (χ4n) is 9.38. The van der Waals surface area contributed by atoms with E-state index in [1.807, 2.05) is 0 Å². The molecular formula is C56H76N4+2. The minimum atomic E-state index is -0.0741. The SMILES string of the molecule is CCCCN(CCCC)c1ccc(C=CC2=[N+](CCCC[N+]3=C(C=Cc4ccc(N(CCCC)CCCC)cc4)C(C)(C)c4ccccc43)c3ccccc3C2(C)C)cc1. The summed E-state index contributed by atoms with van der Waals surface area (Å²) in [7, 11) is 0. The van der Waals surface area contributed by atoms with Gasteiger partial charge in [0.1, 0.15) is 13.1 Å². The van der Waals surface area contributed by atoms with Gasteiger partial charge in [0.15, 0.2) is 11.4 Å². The van der Waals surface area contributed by atoms with Crippen LogP contribution in [0.5, 0.6) is 0 Å². The van der Waals surface area contributed by atoms with Gasteiger partial charge in [-0.3, -0.25) is 0 Å². The monoisotopic (exact) mass is 805 g/mol. The normalized spacial score (nSPS) is 15.4. The summed E-state index contributed by atoms with van der Waals surface area (Å²) < 4.78 is 5.22. The highest BCUT2D eigenvalue weighted by Crippen LogP contribution is 2.42. The number of fused-ring (bicyclic) bond motifs is 2. The molecule has 318 valence electrons. The molecule has 6 rings (SSSR count). The first kappa shape index (κ1) is 44.8. The van der Waals surface area contributed by atoms with Gasteiger partial charge < -0.3 is 9.80 Å². The Hall–Kier alpha value is -4.70. The van der Waals surface area contributed by atoms with Crippen molar-refractivity contribution in [1.82, 2.24) is 0 Å². The first-order valence-electron chi connectivity index (χ1n) is 23.7. The highest BCUT2D eigenvalue weighted by Gasteiger charge is 2.45. The standard InChI is InChI=1S/C56H76N4/c1-9-13-39-57(40-14-10-2)47-33-27-45(28-34-47)31-37-53-55(5,6)49-23-17-19-25-51(49)59(53)43-21-22-44-60-52-26-20-18-24-50(52)56(7,8)54(60)38-32-46-29-35-48(36-30-46)58(41-15-11-3)42-16-12-4/h17-20,23-38H,9-16,21-22,39-44H2,1-8H3/q+2. The Morgan fingerprint density at radius 2 is 0.750 bits per heavy atom. The smallest absolute Gasteiger partial charge is 0.209 e. The van der Waals surface area contributed by atoms with Crippen molar-refractivity contribution < 1.29 is 9.15 Å². The van der Waals surface area contributed by atoms with Crippen LogP contribution in [0.4, 0.5) is 22.7 Å². The molecule has 0 saturated carbocycles. The van der Waals surface area contributed by atoms with Crippen molar-refractivity contribution in [2.24, 2.45) is 0 Å². The zero-order valence-corrected chi connectivity index (χ0v) is 38.6. The second-order valence-corrected chi connectivity index (χ2v) is 18.3. The van der Waals surface area contributed by atoms with Crippen molar-refractivity contribution in [3.05, 3.63) is 131 Å². The Morgan fingerprint density at radius 1 is 0.417 bits per heavy atom. The summed E-state index contributed by atoms with van der Waals surface area (Å²) in [5, 5.41) is 0. The van der Waals surface area contributed by atoms with E-state index in [9.17, 15) is 0 Å². The van der Waals surface area contributed by atoms with Crippen LogP contribution in [-0.4, -0.2) is 59.8 Å². The van der Waals surface area contributed by atoms with Gasteiger partial charge in [-0.05, 0) is 101 Å². The van der Waals surface area contributed by atoms with Crippen molar-refractivity contribution in [3.63, 3.8) is 0 Å². The highest BCUT2D eigenvalue weighted by molar-refractivity contribution is 6.06.